The first kappa shape index (κ1) is 30.8. The van der Waals surface area contributed by atoms with Gasteiger partial charge in [-0.25, -0.2) is 31.7 Å². The summed E-state index contributed by atoms with van der Waals surface area (Å²) in [5, 5.41) is 0.756. The molecule has 0 saturated heterocycles. The molecule has 0 saturated carbocycles. The van der Waals surface area contributed by atoms with Crippen molar-refractivity contribution in [2.45, 2.75) is 18.7 Å². The zero-order valence-electron chi connectivity index (χ0n) is 21.9. The SMILES string of the molecule is CC.COc1cc(-c2cccc(Cl)c2)c(F)cc1-c1ncnc2cc(S(=O)Oc3c(F)c(F)c(F)c(F)c3F)ccc12. The van der Waals surface area contributed by atoms with Gasteiger partial charge in [0.1, 0.15) is 17.9 Å². The summed E-state index contributed by atoms with van der Waals surface area (Å²) in [4.78, 5) is 8.10. The fourth-order valence-electron chi connectivity index (χ4n) is 3.92. The van der Waals surface area contributed by atoms with E-state index in [4.69, 9.17) is 16.3 Å². The lowest BCUT2D eigenvalue weighted by Gasteiger charge is -2.14. The van der Waals surface area contributed by atoms with Gasteiger partial charge in [0.15, 0.2) is 0 Å². The van der Waals surface area contributed by atoms with E-state index in [1.54, 1.807) is 24.3 Å². The lowest BCUT2D eigenvalue weighted by molar-refractivity contribution is 0.352. The van der Waals surface area contributed by atoms with Crippen molar-refractivity contribution in [3.05, 3.63) is 101 Å². The number of benzene rings is 4. The minimum Gasteiger partial charge on any atom is -0.496 e. The fourth-order valence-corrected chi connectivity index (χ4v) is 4.89. The summed E-state index contributed by atoms with van der Waals surface area (Å²) in [5.41, 5.74) is 1.38. The van der Waals surface area contributed by atoms with Crippen molar-refractivity contribution in [2.24, 2.45) is 0 Å². The summed E-state index contributed by atoms with van der Waals surface area (Å²) in [7, 11) is 1.39. The molecule has 1 atom stereocenters. The number of methoxy groups -OCH3 is 1. The van der Waals surface area contributed by atoms with Crippen LogP contribution in [0.3, 0.4) is 0 Å². The molecular formula is C29H19ClF6N2O3S. The molecule has 42 heavy (non-hydrogen) atoms. The van der Waals surface area contributed by atoms with Crippen molar-refractivity contribution in [2.75, 3.05) is 7.11 Å². The second kappa shape index (κ2) is 12.8. The van der Waals surface area contributed by atoms with Crippen molar-refractivity contribution in [3.8, 4) is 33.9 Å². The van der Waals surface area contributed by atoms with Crippen LogP contribution in [0.15, 0.2) is 65.8 Å². The zero-order valence-corrected chi connectivity index (χ0v) is 23.5. The smallest absolute Gasteiger partial charge is 0.240 e. The number of aromatic nitrogens is 2. The summed E-state index contributed by atoms with van der Waals surface area (Å²) < 4.78 is 106. The number of halogens is 7. The Morgan fingerprint density at radius 1 is 0.786 bits per heavy atom. The highest BCUT2D eigenvalue weighted by molar-refractivity contribution is 7.80. The van der Waals surface area contributed by atoms with Crippen LogP contribution < -0.4 is 8.92 Å². The third kappa shape index (κ3) is 5.77. The second-order valence-corrected chi connectivity index (χ2v) is 9.70. The monoisotopic (exact) mass is 624 g/mol. The molecule has 1 unspecified atom stereocenters. The summed E-state index contributed by atoms with van der Waals surface area (Å²) in [6, 6.07) is 13.1. The highest BCUT2D eigenvalue weighted by atomic mass is 35.5. The Kier molecular flexibility index (Phi) is 9.37. The van der Waals surface area contributed by atoms with Crippen LogP contribution in [0.1, 0.15) is 13.8 Å². The Balaban J connectivity index is 0.00000198. The number of rotatable bonds is 6. The Morgan fingerprint density at radius 3 is 2.10 bits per heavy atom. The third-order valence-corrected chi connectivity index (χ3v) is 7.00. The maximum atomic E-state index is 15.3. The van der Waals surface area contributed by atoms with Gasteiger partial charge in [0, 0.05) is 21.5 Å². The first-order chi connectivity index (χ1) is 20.1. The first-order valence-corrected chi connectivity index (χ1v) is 13.6. The minimum atomic E-state index is -2.71. The van der Waals surface area contributed by atoms with E-state index in [2.05, 4.69) is 14.2 Å². The topological polar surface area (TPSA) is 61.3 Å². The normalized spacial score (nSPS) is 11.6. The van der Waals surface area contributed by atoms with Crippen LogP contribution in [0.5, 0.6) is 11.5 Å². The minimum absolute atomic E-state index is 0.151. The van der Waals surface area contributed by atoms with E-state index in [-0.39, 0.29) is 33.0 Å². The van der Waals surface area contributed by atoms with Crippen molar-refractivity contribution >= 4 is 33.6 Å². The van der Waals surface area contributed by atoms with Crippen LogP contribution >= 0.6 is 11.6 Å². The molecule has 0 radical (unpaired) electrons. The highest BCUT2D eigenvalue weighted by Gasteiger charge is 2.29. The Morgan fingerprint density at radius 2 is 1.45 bits per heavy atom. The van der Waals surface area contributed by atoms with Gasteiger partial charge in [0.2, 0.25) is 45.9 Å². The standard InChI is InChI=1S/C27H13ClF6N2O3S.C2H6/c1-38-20-10-16(12-3-2-4-13(28)7-12)18(29)9-17(20)26-15-6-5-14(8-19(15)35-11-36-26)40(37)39-27-24(33)22(31)21(30)23(32)25(27)34;1-2/h2-11H,1H3;1-2H3. The van der Waals surface area contributed by atoms with E-state index in [1.807, 2.05) is 13.8 Å². The Hall–Kier alpha value is -4.16. The predicted molar refractivity (Wildman–Crippen MR) is 147 cm³/mol. The lowest BCUT2D eigenvalue weighted by Crippen LogP contribution is -2.09. The number of fused-ring (bicyclic) bond motifs is 1. The molecule has 218 valence electrons. The molecule has 0 aliphatic carbocycles. The summed E-state index contributed by atoms with van der Waals surface area (Å²) in [6.07, 6.45) is 1.14. The van der Waals surface area contributed by atoms with Crippen LogP contribution in [-0.2, 0) is 11.1 Å². The molecule has 0 bridgehead atoms. The van der Waals surface area contributed by atoms with Crippen molar-refractivity contribution < 1.29 is 39.5 Å². The molecular weight excluding hydrogens is 606 g/mol. The number of hydrogen-bond donors (Lipinski definition) is 0. The third-order valence-electron chi connectivity index (χ3n) is 5.81. The largest absolute Gasteiger partial charge is 0.496 e. The van der Waals surface area contributed by atoms with E-state index in [9.17, 15) is 26.2 Å². The number of ether oxygens (including phenoxy) is 1. The summed E-state index contributed by atoms with van der Waals surface area (Å²) in [6.45, 7) is 4.00. The first-order valence-electron chi connectivity index (χ1n) is 12.1. The average molecular weight is 625 g/mol. The molecule has 1 heterocycles. The van der Waals surface area contributed by atoms with Crippen LogP contribution in [0, 0.1) is 34.9 Å². The molecule has 0 aliphatic rings. The van der Waals surface area contributed by atoms with Crippen LogP contribution in [0.4, 0.5) is 26.3 Å². The number of hydrogen-bond acceptors (Lipinski definition) is 5. The van der Waals surface area contributed by atoms with Crippen LogP contribution in [0.2, 0.25) is 5.02 Å². The molecule has 1 aromatic heterocycles. The molecule has 5 nitrogen and oxygen atoms in total. The van der Waals surface area contributed by atoms with E-state index < -0.39 is 51.7 Å². The van der Waals surface area contributed by atoms with E-state index in [0.717, 1.165) is 6.33 Å². The van der Waals surface area contributed by atoms with Crippen molar-refractivity contribution in [1.82, 2.24) is 9.97 Å². The molecule has 0 amide bonds. The van der Waals surface area contributed by atoms with Crippen LogP contribution in [-0.4, -0.2) is 21.3 Å². The van der Waals surface area contributed by atoms with E-state index >= 15 is 4.39 Å². The van der Waals surface area contributed by atoms with Crippen molar-refractivity contribution in [3.63, 3.8) is 0 Å². The molecule has 0 fully saturated rings. The van der Waals surface area contributed by atoms with Gasteiger partial charge in [-0.05, 0) is 48.0 Å². The van der Waals surface area contributed by atoms with Gasteiger partial charge >= 0.3 is 0 Å². The zero-order chi connectivity index (χ0) is 30.7. The van der Waals surface area contributed by atoms with Gasteiger partial charge in [-0.1, -0.05) is 37.6 Å². The molecule has 5 rings (SSSR count). The maximum Gasteiger partial charge on any atom is 0.240 e. The maximum absolute atomic E-state index is 15.3. The van der Waals surface area contributed by atoms with Gasteiger partial charge < -0.3 is 8.92 Å². The average Bonchev–Trinajstić information content (AvgIpc) is 3.01. The summed E-state index contributed by atoms with van der Waals surface area (Å²) in [5.74, 6) is -13.4. The van der Waals surface area contributed by atoms with Gasteiger partial charge in [-0.15, -0.1) is 0 Å². The van der Waals surface area contributed by atoms with E-state index in [0.29, 0.717) is 16.0 Å². The summed E-state index contributed by atoms with van der Waals surface area (Å²) >= 11 is 3.33. The molecule has 5 aromatic rings. The second-order valence-electron chi connectivity index (χ2n) is 8.16. The van der Waals surface area contributed by atoms with Gasteiger partial charge in [0.05, 0.1) is 23.2 Å². The van der Waals surface area contributed by atoms with Gasteiger partial charge in [-0.2, -0.15) is 8.78 Å². The van der Waals surface area contributed by atoms with Gasteiger partial charge in [0.25, 0.3) is 0 Å². The molecule has 4 aromatic carbocycles. The molecule has 13 heteroatoms. The Labute approximate surface area is 243 Å². The van der Waals surface area contributed by atoms with Crippen LogP contribution in [0.25, 0.3) is 33.3 Å². The predicted octanol–water partition coefficient (Wildman–Crippen LogP) is 8.59. The highest BCUT2D eigenvalue weighted by Crippen LogP contribution is 2.39. The quantitative estimate of drug-likeness (QED) is 0.108. The fraction of sp³-hybridized carbons (Fsp3) is 0.103. The Bertz CT molecular complexity index is 1810. The molecule has 0 aliphatic heterocycles. The number of nitrogens with zero attached hydrogens (tertiary/aromatic N) is 2. The van der Waals surface area contributed by atoms with E-state index in [1.165, 1.54) is 37.4 Å². The van der Waals surface area contributed by atoms with Crippen molar-refractivity contribution in [1.29, 1.82) is 0 Å². The van der Waals surface area contributed by atoms with Gasteiger partial charge in [-0.3, -0.25) is 0 Å². The molecule has 0 spiro atoms. The molecule has 0 N–H and O–H groups in total. The lowest BCUT2D eigenvalue weighted by atomic mass is 9.99.